The van der Waals surface area contributed by atoms with Crippen LogP contribution in [0.15, 0.2) is 18.2 Å². The SMILES string of the molecule is Cc1ccc(CN2CCSCC2)cc1NC(=O)C1CCN(S(C)(=O)=O)CC1. The number of hydrogen-bond donors (Lipinski definition) is 1. The van der Waals surface area contributed by atoms with Crippen LogP contribution in [-0.4, -0.2) is 67.5 Å². The molecule has 1 N–H and O–H groups in total. The molecule has 150 valence electrons. The Morgan fingerprint density at radius 1 is 1.19 bits per heavy atom. The molecule has 2 fully saturated rings. The van der Waals surface area contributed by atoms with Crippen molar-refractivity contribution in [1.82, 2.24) is 9.21 Å². The number of thioether (sulfide) groups is 1. The van der Waals surface area contributed by atoms with Gasteiger partial charge < -0.3 is 5.32 Å². The maximum atomic E-state index is 12.7. The Balaban J connectivity index is 1.59. The van der Waals surface area contributed by atoms with Gasteiger partial charge in [0, 0.05) is 55.8 Å². The van der Waals surface area contributed by atoms with Crippen LogP contribution in [0.5, 0.6) is 0 Å². The van der Waals surface area contributed by atoms with Gasteiger partial charge in [-0.2, -0.15) is 11.8 Å². The summed E-state index contributed by atoms with van der Waals surface area (Å²) in [6.07, 6.45) is 2.37. The minimum absolute atomic E-state index is 0.00206. The first kappa shape index (κ1) is 20.6. The van der Waals surface area contributed by atoms with E-state index in [0.29, 0.717) is 25.9 Å². The molecule has 0 saturated carbocycles. The molecule has 2 aliphatic heterocycles. The van der Waals surface area contributed by atoms with Gasteiger partial charge in [0.05, 0.1) is 6.26 Å². The fourth-order valence-corrected chi connectivity index (χ4v) is 5.46. The van der Waals surface area contributed by atoms with Gasteiger partial charge in [-0.05, 0) is 37.0 Å². The Kier molecular flexibility index (Phi) is 6.83. The minimum atomic E-state index is -3.16. The van der Waals surface area contributed by atoms with E-state index in [-0.39, 0.29) is 11.8 Å². The lowest BCUT2D eigenvalue weighted by atomic mass is 9.97. The van der Waals surface area contributed by atoms with Gasteiger partial charge in [-0.1, -0.05) is 12.1 Å². The smallest absolute Gasteiger partial charge is 0.227 e. The summed E-state index contributed by atoms with van der Waals surface area (Å²) >= 11 is 2.00. The second kappa shape index (κ2) is 8.94. The third-order valence-corrected chi connectivity index (χ3v) is 7.61. The van der Waals surface area contributed by atoms with Gasteiger partial charge >= 0.3 is 0 Å². The van der Waals surface area contributed by atoms with Gasteiger partial charge in [-0.15, -0.1) is 0 Å². The molecule has 1 aromatic rings. The summed E-state index contributed by atoms with van der Waals surface area (Å²) in [4.78, 5) is 15.1. The molecule has 6 nitrogen and oxygen atoms in total. The highest BCUT2D eigenvalue weighted by atomic mass is 32.2. The third-order valence-electron chi connectivity index (χ3n) is 5.36. The predicted octanol–water partition coefficient (Wildman–Crippen LogP) is 2.15. The Bertz CT molecular complexity index is 768. The average molecular weight is 412 g/mol. The van der Waals surface area contributed by atoms with Crippen LogP contribution in [-0.2, 0) is 21.4 Å². The van der Waals surface area contributed by atoms with Gasteiger partial charge in [0.15, 0.2) is 0 Å². The summed E-state index contributed by atoms with van der Waals surface area (Å²) in [6, 6.07) is 6.29. The molecule has 0 aliphatic carbocycles. The number of nitrogens with zero attached hydrogens (tertiary/aromatic N) is 2. The minimum Gasteiger partial charge on any atom is -0.326 e. The van der Waals surface area contributed by atoms with Crippen LogP contribution in [0, 0.1) is 12.8 Å². The van der Waals surface area contributed by atoms with E-state index in [1.165, 1.54) is 27.6 Å². The Morgan fingerprint density at radius 3 is 2.48 bits per heavy atom. The van der Waals surface area contributed by atoms with Crippen molar-refractivity contribution in [3.05, 3.63) is 29.3 Å². The van der Waals surface area contributed by atoms with E-state index in [2.05, 4.69) is 28.4 Å². The number of carbonyl (C=O) groups excluding carboxylic acids is 1. The fourth-order valence-electron chi connectivity index (χ4n) is 3.60. The number of carbonyl (C=O) groups is 1. The quantitative estimate of drug-likeness (QED) is 0.804. The molecule has 2 saturated heterocycles. The van der Waals surface area contributed by atoms with Gasteiger partial charge in [0.2, 0.25) is 15.9 Å². The zero-order valence-electron chi connectivity index (χ0n) is 16.1. The first-order valence-corrected chi connectivity index (χ1v) is 12.5. The van der Waals surface area contributed by atoms with E-state index in [4.69, 9.17) is 0 Å². The number of benzene rings is 1. The number of amides is 1. The first-order chi connectivity index (χ1) is 12.8. The summed E-state index contributed by atoms with van der Waals surface area (Å²) in [7, 11) is -3.16. The van der Waals surface area contributed by atoms with Crippen LogP contribution in [0.2, 0.25) is 0 Å². The maximum absolute atomic E-state index is 12.7. The molecule has 0 aromatic heterocycles. The molecule has 0 bridgehead atoms. The van der Waals surface area contributed by atoms with Crippen molar-refractivity contribution in [3.63, 3.8) is 0 Å². The van der Waals surface area contributed by atoms with E-state index in [0.717, 1.165) is 30.9 Å². The fraction of sp³-hybridized carbons (Fsp3) is 0.632. The average Bonchev–Trinajstić information content (AvgIpc) is 2.65. The number of rotatable bonds is 5. The number of nitrogens with one attached hydrogen (secondary N) is 1. The monoisotopic (exact) mass is 411 g/mol. The molecule has 0 spiro atoms. The first-order valence-electron chi connectivity index (χ1n) is 9.48. The zero-order chi connectivity index (χ0) is 19.4. The summed E-state index contributed by atoms with van der Waals surface area (Å²) in [5.41, 5.74) is 3.14. The molecule has 3 rings (SSSR count). The summed E-state index contributed by atoms with van der Waals surface area (Å²) in [5.74, 6) is 2.23. The maximum Gasteiger partial charge on any atom is 0.227 e. The number of hydrogen-bond acceptors (Lipinski definition) is 5. The van der Waals surface area contributed by atoms with E-state index < -0.39 is 10.0 Å². The van der Waals surface area contributed by atoms with Crippen LogP contribution >= 0.6 is 11.8 Å². The molecule has 0 unspecified atom stereocenters. The van der Waals surface area contributed by atoms with Gasteiger partial charge in [0.1, 0.15) is 0 Å². The molecule has 1 amide bonds. The topological polar surface area (TPSA) is 69.7 Å². The molecule has 2 heterocycles. The van der Waals surface area contributed by atoms with Gasteiger partial charge in [0.25, 0.3) is 0 Å². The van der Waals surface area contributed by atoms with Crippen LogP contribution in [0.25, 0.3) is 0 Å². The van der Waals surface area contributed by atoms with Crippen molar-refractivity contribution in [2.45, 2.75) is 26.3 Å². The normalized spacial score (nSPS) is 20.5. The lowest BCUT2D eigenvalue weighted by Gasteiger charge is -2.29. The zero-order valence-corrected chi connectivity index (χ0v) is 17.7. The van der Waals surface area contributed by atoms with E-state index in [1.54, 1.807) is 0 Å². The van der Waals surface area contributed by atoms with Crippen LogP contribution in [0.3, 0.4) is 0 Å². The van der Waals surface area contributed by atoms with E-state index in [9.17, 15) is 13.2 Å². The lowest BCUT2D eigenvalue weighted by molar-refractivity contribution is -0.120. The highest BCUT2D eigenvalue weighted by Crippen LogP contribution is 2.24. The van der Waals surface area contributed by atoms with Gasteiger partial charge in [-0.3, -0.25) is 9.69 Å². The Labute approximate surface area is 166 Å². The summed E-state index contributed by atoms with van der Waals surface area (Å²) in [6.45, 7) is 5.98. The number of sulfonamides is 1. The van der Waals surface area contributed by atoms with Crippen LogP contribution in [0.4, 0.5) is 5.69 Å². The predicted molar refractivity (Wildman–Crippen MR) is 112 cm³/mol. The van der Waals surface area contributed by atoms with Crippen molar-refractivity contribution < 1.29 is 13.2 Å². The molecule has 2 aliphatic rings. The molecule has 8 heteroatoms. The van der Waals surface area contributed by atoms with Crippen LogP contribution in [0.1, 0.15) is 24.0 Å². The molecular weight excluding hydrogens is 382 g/mol. The van der Waals surface area contributed by atoms with E-state index in [1.807, 2.05) is 18.7 Å². The number of anilines is 1. The molecule has 0 radical (unpaired) electrons. The van der Waals surface area contributed by atoms with Crippen molar-refractivity contribution in [1.29, 1.82) is 0 Å². The molecule has 1 aromatic carbocycles. The highest BCUT2D eigenvalue weighted by molar-refractivity contribution is 7.99. The van der Waals surface area contributed by atoms with Crippen molar-refractivity contribution >= 4 is 33.4 Å². The molecule has 0 atom stereocenters. The summed E-state index contributed by atoms with van der Waals surface area (Å²) in [5, 5.41) is 3.08. The molecular formula is C19H29N3O3S2. The Morgan fingerprint density at radius 2 is 1.85 bits per heavy atom. The van der Waals surface area contributed by atoms with Crippen molar-refractivity contribution in [2.24, 2.45) is 5.92 Å². The number of aryl methyl sites for hydroxylation is 1. The lowest BCUT2D eigenvalue weighted by Crippen LogP contribution is -2.40. The standard InChI is InChI=1S/C19H29N3O3S2/c1-15-3-4-16(14-21-9-11-26-12-10-21)13-18(15)20-19(23)17-5-7-22(8-6-17)27(2,24)25/h3-4,13,17H,5-12,14H2,1-2H3,(H,20,23). The van der Waals surface area contributed by atoms with Gasteiger partial charge in [-0.25, -0.2) is 12.7 Å². The largest absolute Gasteiger partial charge is 0.326 e. The number of piperidine rings is 1. The Hall–Kier alpha value is -1.09. The highest BCUT2D eigenvalue weighted by Gasteiger charge is 2.29. The van der Waals surface area contributed by atoms with Crippen molar-refractivity contribution in [3.8, 4) is 0 Å². The second-order valence-corrected chi connectivity index (χ2v) is 10.7. The molecule has 27 heavy (non-hydrogen) atoms. The second-order valence-electron chi connectivity index (χ2n) is 7.46. The van der Waals surface area contributed by atoms with Crippen molar-refractivity contribution in [2.75, 3.05) is 49.3 Å². The van der Waals surface area contributed by atoms with Crippen LogP contribution < -0.4 is 5.32 Å². The summed E-state index contributed by atoms with van der Waals surface area (Å²) < 4.78 is 24.7. The third kappa shape index (κ3) is 5.70. The van der Waals surface area contributed by atoms with E-state index >= 15 is 0 Å².